The molecular formula is C15H11N3O3. The number of ether oxygens (including phenoxy) is 2. The monoisotopic (exact) mass is 281 g/mol. The van der Waals surface area contributed by atoms with E-state index in [9.17, 15) is 4.79 Å². The Morgan fingerprint density at radius 2 is 1.95 bits per heavy atom. The third kappa shape index (κ3) is 2.64. The van der Waals surface area contributed by atoms with Gasteiger partial charge in [0.05, 0.1) is 25.0 Å². The van der Waals surface area contributed by atoms with Crippen molar-refractivity contribution in [2.75, 3.05) is 7.11 Å². The first-order valence-corrected chi connectivity index (χ1v) is 6.20. The van der Waals surface area contributed by atoms with Crippen LogP contribution in [0, 0.1) is 0 Å². The highest BCUT2D eigenvalue weighted by molar-refractivity contribution is 5.87. The van der Waals surface area contributed by atoms with Gasteiger partial charge in [0.25, 0.3) is 0 Å². The number of aromatic nitrogens is 3. The first-order chi connectivity index (χ1) is 10.3. The van der Waals surface area contributed by atoms with E-state index in [1.165, 1.54) is 19.5 Å². The molecular weight excluding hydrogens is 270 g/mol. The van der Waals surface area contributed by atoms with E-state index in [1.807, 2.05) is 30.3 Å². The van der Waals surface area contributed by atoms with E-state index >= 15 is 0 Å². The van der Waals surface area contributed by atoms with Crippen LogP contribution in [-0.4, -0.2) is 28.0 Å². The van der Waals surface area contributed by atoms with Crippen LogP contribution in [0.5, 0.6) is 11.6 Å². The number of esters is 1. The second kappa shape index (κ2) is 5.54. The molecule has 2 aromatic heterocycles. The van der Waals surface area contributed by atoms with Crippen molar-refractivity contribution in [1.82, 2.24) is 15.0 Å². The van der Waals surface area contributed by atoms with Gasteiger partial charge in [0.2, 0.25) is 5.88 Å². The van der Waals surface area contributed by atoms with Crippen molar-refractivity contribution in [3.8, 4) is 11.6 Å². The van der Waals surface area contributed by atoms with Crippen LogP contribution in [0.3, 0.4) is 0 Å². The molecule has 0 aliphatic heterocycles. The molecule has 0 aliphatic rings. The van der Waals surface area contributed by atoms with Crippen molar-refractivity contribution in [3.05, 3.63) is 54.6 Å². The Morgan fingerprint density at radius 1 is 1.05 bits per heavy atom. The topological polar surface area (TPSA) is 74.2 Å². The van der Waals surface area contributed by atoms with Gasteiger partial charge in [-0.25, -0.2) is 14.8 Å². The molecule has 0 spiro atoms. The molecule has 0 fully saturated rings. The van der Waals surface area contributed by atoms with Crippen LogP contribution in [0.4, 0.5) is 0 Å². The van der Waals surface area contributed by atoms with Crippen molar-refractivity contribution >= 4 is 16.9 Å². The van der Waals surface area contributed by atoms with Gasteiger partial charge in [-0.3, -0.25) is 4.98 Å². The first-order valence-electron chi connectivity index (χ1n) is 6.20. The SMILES string of the molecule is COC(=O)c1cnc(Oc2cccc3ncccc23)cn1. The summed E-state index contributed by atoms with van der Waals surface area (Å²) in [4.78, 5) is 23.5. The predicted molar refractivity (Wildman–Crippen MR) is 75.2 cm³/mol. The summed E-state index contributed by atoms with van der Waals surface area (Å²) in [7, 11) is 1.29. The molecule has 0 saturated carbocycles. The molecule has 0 bridgehead atoms. The highest BCUT2D eigenvalue weighted by atomic mass is 16.5. The third-order valence-electron chi connectivity index (χ3n) is 2.84. The number of carbonyl (C=O) groups excluding carboxylic acids is 1. The number of hydrogen-bond acceptors (Lipinski definition) is 6. The Bertz CT molecular complexity index is 782. The number of nitrogens with zero attached hydrogens (tertiary/aromatic N) is 3. The van der Waals surface area contributed by atoms with E-state index in [4.69, 9.17) is 4.74 Å². The van der Waals surface area contributed by atoms with Crippen molar-refractivity contribution in [2.24, 2.45) is 0 Å². The minimum atomic E-state index is -0.539. The largest absolute Gasteiger partial charge is 0.464 e. The third-order valence-corrected chi connectivity index (χ3v) is 2.84. The lowest BCUT2D eigenvalue weighted by Gasteiger charge is -2.07. The fourth-order valence-electron chi connectivity index (χ4n) is 1.86. The summed E-state index contributed by atoms with van der Waals surface area (Å²) in [5.74, 6) is 0.378. The number of fused-ring (bicyclic) bond motifs is 1. The highest BCUT2D eigenvalue weighted by Crippen LogP contribution is 2.27. The lowest BCUT2D eigenvalue weighted by molar-refractivity contribution is 0.0593. The summed E-state index contributed by atoms with van der Waals surface area (Å²) in [6, 6.07) is 9.31. The van der Waals surface area contributed by atoms with Gasteiger partial charge in [-0.2, -0.15) is 0 Å². The molecule has 0 amide bonds. The minimum absolute atomic E-state index is 0.129. The van der Waals surface area contributed by atoms with Crippen LogP contribution in [0.25, 0.3) is 10.9 Å². The van der Waals surface area contributed by atoms with Crippen LogP contribution in [0.1, 0.15) is 10.5 Å². The van der Waals surface area contributed by atoms with Crippen molar-refractivity contribution in [1.29, 1.82) is 0 Å². The fraction of sp³-hybridized carbons (Fsp3) is 0.0667. The van der Waals surface area contributed by atoms with Gasteiger partial charge in [-0.05, 0) is 24.3 Å². The fourth-order valence-corrected chi connectivity index (χ4v) is 1.86. The molecule has 3 aromatic rings. The quantitative estimate of drug-likeness (QED) is 0.687. The summed E-state index contributed by atoms with van der Waals surface area (Å²) in [5, 5.41) is 0.874. The number of methoxy groups -OCH3 is 1. The van der Waals surface area contributed by atoms with Crippen molar-refractivity contribution in [3.63, 3.8) is 0 Å². The van der Waals surface area contributed by atoms with Gasteiger partial charge >= 0.3 is 5.97 Å². The summed E-state index contributed by atoms with van der Waals surface area (Å²) in [6.07, 6.45) is 4.41. The van der Waals surface area contributed by atoms with Crippen LogP contribution in [0.15, 0.2) is 48.9 Å². The zero-order chi connectivity index (χ0) is 14.7. The van der Waals surface area contributed by atoms with E-state index in [-0.39, 0.29) is 5.69 Å². The lowest BCUT2D eigenvalue weighted by atomic mass is 10.2. The smallest absolute Gasteiger partial charge is 0.358 e. The van der Waals surface area contributed by atoms with Gasteiger partial charge in [-0.1, -0.05) is 6.07 Å². The average molecular weight is 281 g/mol. The molecule has 1 aromatic carbocycles. The van der Waals surface area contributed by atoms with Crippen molar-refractivity contribution in [2.45, 2.75) is 0 Å². The van der Waals surface area contributed by atoms with Crippen LogP contribution in [-0.2, 0) is 4.74 Å². The zero-order valence-corrected chi connectivity index (χ0v) is 11.2. The second-order valence-electron chi connectivity index (χ2n) is 4.16. The van der Waals surface area contributed by atoms with E-state index in [1.54, 1.807) is 6.20 Å². The summed E-state index contributed by atoms with van der Waals surface area (Å²) >= 11 is 0. The predicted octanol–water partition coefficient (Wildman–Crippen LogP) is 2.60. The molecule has 6 nitrogen and oxygen atoms in total. The number of benzene rings is 1. The summed E-state index contributed by atoms with van der Waals surface area (Å²) < 4.78 is 10.3. The Morgan fingerprint density at radius 3 is 2.71 bits per heavy atom. The molecule has 0 aliphatic carbocycles. The maximum Gasteiger partial charge on any atom is 0.358 e. The van der Waals surface area contributed by atoms with Crippen LogP contribution < -0.4 is 4.74 Å². The number of carbonyl (C=O) groups is 1. The maximum atomic E-state index is 11.3. The maximum absolute atomic E-state index is 11.3. The average Bonchev–Trinajstić information content (AvgIpc) is 2.55. The molecule has 104 valence electrons. The summed E-state index contributed by atoms with van der Waals surface area (Å²) in [5.41, 5.74) is 0.957. The van der Waals surface area contributed by atoms with E-state index in [0.717, 1.165) is 10.9 Å². The van der Waals surface area contributed by atoms with E-state index < -0.39 is 5.97 Å². The Kier molecular flexibility index (Phi) is 3.42. The highest BCUT2D eigenvalue weighted by Gasteiger charge is 2.09. The molecule has 2 heterocycles. The van der Waals surface area contributed by atoms with Crippen LogP contribution in [0.2, 0.25) is 0 Å². The zero-order valence-electron chi connectivity index (χ0n) is 11.2. The van der Waals surface area contributed by atoms with E-state index in [2.05, 4.69) is 19.7 Å². The molecule has 0 radical (unpaired) electrons. The standard InChI is InChI=1S/C15H11N3O3/c1-20-15(19)12-8-18-14(9-17-12)21-13-6-2-5-11-10(13)4-3-7-16-11/h2-9H,1H3. The molecule has 0 unspecified atom stereocenters. The summed E-state index contributed by atoms with van der Waals surface area (Å²) in [6.45, 7) is 0. The minimum Gasteiger partial charge on any atom is -0.464 e. The molecule has 6 heteroatoms. The van der Waals surface area contributed by atoms with Gasteiger partial charge in [0, 0.05) is 11.6 Å². The van der Waals surface area contributed by atoms with Gasteiger partial charge in [-0.15, -0.1) is 0 Å². The molecule has 0 N–H and O–H groups in total. The lowest BCUT2D eigenvalue weighted by Crippen LogP contribution is -2.04. The molecule has 3 rings (SSSR count). The van der Waals surface area contributed by atoms with Crippen molar-refractivity contribution < 1.29 is 14.3 Å². The molecule has 21 heavy (non-hydrogen) atoms. The van der Waals surface area contributed by atoms with Crippen LogP contribution >= 0.6 is 0 Å². The Labute approximate surface area is 120 Å². The van der Waals surface area contributed by atoms with Gasteiger partial charge in [0.1, 0.15) is 5.75 Å². The van der Waals surface area contributed by atoms with Gasteiger partial charge < -0.3 is 9.47 Å². The number of hydrogen-bond donors (Lipinski definition) is 0. The molecule has 0 saturated heterocycles. The number of rotatable bonds is 3. The first kappa shape index (κ1) is 13.0. The van der Waals surface area contributed by atoms with Gasteiger partial charge in [0.15, 0.2) is 5.69 Å². The number of pyridine rings is 1. The Hall–Kier alpha value is -3.02. The Balaban J connectivity index is 1.90. The second-order valence-corrected chi connectivity index (χ2v) is 4.16. The molecule has 0 atom stereocenters. The van der Waals surface area contributed by atoms with E-state index in [0.29, 0.717) is 11.6 Å². The normalized spacial score (nSPS) is 10.3.